The smallest absolute Gasteiger partial charge is 0.103 e. The summed E-state index contributed by atoms with van der Waals surface area (Å²) in [6.45, 7) is 18.3. The summed E-state index contributed by atoms with van der Waals surface area (Å²) in [4.78, 5) is 2.03. The first kappa shape index (κ1) is 54.2. The van der Waals surface area contributed by atoms with E-state index in [0.29, 0.717) is 39.3 Å². The van der Waals surface area contributed by atoms with E-state index in [9.17, 15) is 30.6 Å². The van der Waals surface area contributed by atoms with Gasteiger partial charge in [0.05, 0.1) is 13.2 Å². The van der Waals surface area contributed by atoms with E-state index in [4.69, 9.17) is 0 Å². The fourth-order valence-corrected chi connectivity index (χ4v) is 6.57. The van der Waals surface area contributed by atoms with Gasteiger partial charge in [0.25, 0.3) is 0 Å². The zero-order valence-electron chi connectivity index (χ0n) is 32.1. The van der Waals surface area contributed by atoms with Crippen LogP contribution in [0.3, 0.4) is 0 Å². The second-order valence-corrected chi connectivity index (χ2v) is 13.4. The molecule has 4 aromatic carbocycles. The molecule has 8 N–H and O–H groups in total. The van der Waals surface area contributed by atoms with Crippen LogP contribution in [-0.2, 0) is 37.1 Å². The number of benzene rings is 4. The maximum Gasteiger partial charge on any atom is 0.103 e. The molecular formula is C40H56N2O10U-6. The van der Waals surface area contributed by atoms with Gasteiger partial charge in [-0.2, -0.15) is 0 Å². The van der Waals surface area contributed by atoms with Crippen molar-refractivity contribution in [3.05, 3.63) is 115 Å². The fourth-order valence-electron chi connectivity index (χ4n) is 6.57. The number of quaternary nitrogens is 2. The zero-order chi connectivity index (χ0) is 35.7. The minimum atomic E-state index is 0. The van der Waals surface area contributed by atoms with Crippen molar-refractivity contribution in [1.29, 1.82) is 0 Å². The first-order valence-corrected chi connectivity index (χ1v) is 16.6. The number of nitrogens with one attached hydrogen (secondary N) is 2. The summed E-state index contributed by atoms with van der Waals surface area (Å²) in [6, 6.07) is 15.2. The molecule has 0 radical (unpaired) electrons. The van der Waals surface area contributed by atoms with Crippen LogP contribution in [-0.4, -0.2) is 47.5 Å². The van der Waals surface area contributed by atoms with Crippen LogP contribution in [0.4, 0.5) is 0 Å². The molecule has 0 aliphatic heterocycles. The largest absolute Gasteiger partial charge is 2.00 e. The van der Waals surface area contributed by atoms with Crippen molar-refractivity contribution in [3.8, 4) is 23.0 Å². The molecule has 0 saturated carbocycles. The van der Waals surface area contributed by atoms with Crippen LogP contribution in [0.25, 0.3) is 0 Å². The summed E-state index contributed by atoms with van der Waals surface area (Å²) in [5.74, 6) is 0.218. The molecule has 0 heterocycles. The molecule has 0 amide bonds. The average molecular weight is 963 g/mol. The third-order valence-corrected chi connectivity index (χ3v) is 8.68. The average Bonchev–Trinajstić information content (AvgIpc) is 2.99. The van der Waals surface area contributed by atoms with Gasteiger partial charge < -0.3 is 62.3 Å². The standard InChI is InChI=1S/2C20H27NO3.2H2O.2O.U/c2*1-13-7-15(3)19(23)17(9-13)11-21(5-6-22)12-18-10-14(2)8-16(4)20(18)24;;;;;/h2*7-10,22-24H,5-6,11-12H2,1-4H3;2*1H2;;;/q;;;;2*-2;/p-2. The number of hydrogen-bond acceptors (Lipinski definition) is 6. The Kier molecular flexibility index (Phi) is 25.5. The van der Waals surface area contributed by atoms with E-state index in [1.807, 2.05) is 104 Å². The van der Waals surface area contributed by atoms with Gasteiger partial charge in [0.1, 0.15) is 39.3 Å². The van der Waals surface area contributed by atoms with Gasteiger partial charge in [-0.3, -0.25) is 0 Å². The fraction of sp³-hybridized carbons (Fsp3) is 0.400. The van der Waals surface area contributed by atoms with Gasteiger partial charge in [0.2, 0.25) is 0 Å². The molecule has 0 saturated heterocycles. The molecule has 0 aliphatic carbocycles. The molecule has 12 nitrogen and oxygen atoms in total. The van der Waals surface area contributed by atoms with Crippen molar-refractivity contribution in [3.63, 3.8) is 0 Å². The Bertz CT molecular complexity index is 1470. The summed E-state index contributed by atoms with van der Waals surface area (Å²) in [5.41, 5.74) is 10.2. The minimum Gasteiger partial charge on any atom is -2.00 e. The van der Waals surface area contributed by atoms with Crippen molar-refractivity contribution in [2.75, 3.05) is 26.3 Å². The van der Waals surface area contributed by atoms with Crippen LogP contribution in [0, 0.1) is 86.5 Å². The first-order valence-electron chi connectivity index (χ1n) is 16.6. The zero-order valence-corrected chi connectivity index (χ0v) is 36.3. The van der Waals surface area contributed by atoms with Gasteiger partial charge in [0.15, 0.2) is 0 Å². The maximum absolute atomic E-state index is 12.4. The maximum atomic E-state index is 12.4. The number of hydrogen-bond donors (Lipinski definition) is 4. The van der Waals surface area contributed by atoms with Crippen molar-refractivity contribution in [1.82, 2.24) is 0 Å². The second kappa shape index (κ2) is 25.0. The summed E-state index contributed by atoms with van der Waals surface area (Å²) >= 11 is 0. The monoisotopic (exact) mass is 962 g/mol. The molecule has 0 aliphatic rings. The summed E-state index contributed by atoms with van der Waals surface area (Å²) in [7, 11) is 0. The Hall–Kier alpha value is -3.19. The van der Waals surface area contributed by atoms with E-state index >= 15 is 0 Å². The topological polar surface area (TPSA) is 262 Å². The quantitative estimate of drug-likeness (QED) is 0.144. The van der Waals surface area contributed by atoms with Crippen LogP contribution in [0.15, 0.2) is 48.5 Å². The van der Waals surface area contributed by atoms with Crippen molar-refractivity contribution in [2.45, 2.75) is 81.6 Å². The molecule has 0 unspecified atom stereocenters. The SMILES string of the molecule is Cc1cc(C)c([O-])c(C[NH+](CCO)Cc2cc(C)cc(C)c2[O-])c1.Cc1cc(C)c([O-])c(C[NH+](CCO)Cc2cc(C)cc(C)c2[O-])c1.O.O.[O-2].[O-2].[U]. The normalized spacial score (nSPS) is 10.2. The molecule has 13 heteroatoms. The Morgan fingerprint density at radius 3 is 0.774 bits per heavy atom. The van der Waals surface area contributed by atoms with Crippen LogP contribution in [0.2, 0.25) is 0 Å². The molecular weight excluding hydrogens is 906 g/mol. The van der Waals surface area contributed by atoms with Gasteiger partial charge in [-0.1, -0.05) is 116 Å². The van der Waals surface area contributed by atoms with Crippen LogP contribution in [0.5, 0.6) is 23.0 Å². The Morgan fingerprint density at radius 1 is 0.415 bits per heavy atom. The predicted octanol–water partition coefficient (Wildman–Crippen LogP) is -0.597. The summed E-state index contributed by atoms with van der Waals surface area (Å²) < 4.78 is 0. The van der Waals surface area contributed by atoms with Crippen molar-refractivity contribution in [2.24, 2.45) is 0 Å². The number of rotatable bonds is 12. The van der Waals surface area contributed by atoms with Crippen LogP contribution in [0.1, 0.15) is 66.8 Å². The van der Waals surface area contributed by atoms with E-state index in [-0.39, 0.29) is 89.2 Å². The van der Waals surface area contributed by atoms with Crippen molar-refractivity contribution >= 4 is 0 Å². The van der Waals surface area contributed by atoms with E-state index < -0.39 is 0 Å². The van der Waals surface area contributed by atoms with Crippen LogP contribution >= 0.6 is 0 Å². The third-order valence-electron chi connectivity index (χ3n) is 8.68. The first-order chi connectivity index (χ1) is 22.6. The molecule has 0 bridgehead atoms. The molecule has 0 spiro atoms. The number of aryl methyl sites for hydroxylation is 8. The van der Waals surface area contributed by atoms with Gasteiger partial charge in [-0.25, -0.2) is 0 Å². The van der Waals surface area contributed by atoms with Crippen LogP contribution < -0.4 is 30.2 Å². The molecule has 53 heavy (non-hydrogen) atoms. The molecule has 4 rings (SSSR count). The third kappa shape index (κ3) is 15.6. The molecule has 4 aromatic rings. The van der Waals surface area contributed by atoms with Gasteiger partial charge in [-0.15, -0.1) is 0 Å². The van der Waals surface area contributed by atoms with E-state index in [1.54, 1.807) is 0 Å². The number of aliphatic hydroxyl groups excluding tert-OH is 2. The molecule has 0 fully saturated rings. The van der Waals surface area contributed by atoms with Crippen molar-refractivity contribution < 1.29 is 93.5 Å². The van der Waals surface area contributed by atoms with Gasteiger partial charge in [-0.05, 0) is 77.6 Å². The summed E-state index contributed by atoms with van der Waals surface area (Å²) in [5, 5.41) is 68.1. The second-order valence-electron chi connectivity index (χ2n) is 13.4. The Labute approximate surface area is 338 Å². The van der Waals surface area contributed by atoms with E-state index in [2.05, 4.69) is 0 Å². The number of aliphatic hydroxyl groups is 2. The Morgan fingerprint density at radius 2 is 0.604 bits per heavy atom. The predicted molar refractivity (Wildman–Crippen MR) is 191 cm³/mol. The Balaban J connectivity index is -0.000000862. The molecule has 0 atom stereocenters. The van der Waals surface area contributed by atoms with Gasteiger partial charge in [0, 0.05) is 31.1 Å². The minimum absolute atomic E-state index is 0. The summed E-state index contributed by atoms with van der Waals surface area (Å²) in [6.07, 6.45) is 0. The van der Waals surface area contributed by atoms with E-state index in [0.717, 1.165) is 76.6 Å². The van der Waals surface area contributed by atoms with Gasteiger partial charge >= 0.3 is 0 Å². The molecule has 0 aromatic heterocycles. The molecule has 296 valence electrons. The van der Waals surface area contributed by atoms with E-state index in [1.165, 1.54) is 0 Å².